The molecular weight excluding hydrogens is 202 g/mol. The van der Waals surface area contributed by atoms with Crippen LogP contribution in [0.1, 0.15) is 20.8 Å². The van der Waals surface area contributed by atoms with Gasteiger partial charge in [0, 0.05) is 12.7 Å². The van der Waals surface area contributed by atoms with Crippen LogP contribution in [0, 0.1) is 5.92 Å². The number of hydrogen-bond acceptors (Lipinski definition) is 4. The van der Waals surface area contributed by atoms with E-state index in [2.05, 4.69) is 17.9 Å². The Labute approximate surface area is 89.8 Å². The van der Waals surface area contributed by atoms with Crippen molar-refractivity contribution in [2.45, 2.75) is 26.8 Å². The van der Waals surface area contributed by atoms with E-state index in [0.717, 1.165) is 0 Å². The van der Waals surface area contributed by atoms with E-state index in [9.17, 15) is 9.59 Å². The lowest BCUT2D eigenvalue weighted by Gasteiger charge is -2.15. The molecule has 0 aliphatic carbocycles. The molecule has 0 aromatic heterocycles. The minimum atomic E-state index is -0.644. The second-order valence-corrected chi connectivity index (χ2v) is 3.82. The summed E-state index contributed by atoms with van der Waals surface area (Å²) in [5.74, 6) is -0.150. The average Bonchev–Trinajstić information content (AvgIpc) is 2.09. The molecule has 0 aliphatic heterocycles. The normalized spacial score (nSPS) is 12.4. The van der Waals surface area contributed by atoms with Gasteiger partial charge in [0.1, 0.15) is 6.04 Å². The molecule has 1 N–H and O–H groups in total. The molecule has 14 heavy (non-hydrogen) atoms. The number of nitrogens with one attached hydrogen (secondary N) is 1. The summed E-state index contributed by atoms with van der Waals surface area (Å²) < 4.78 is 4.95. The lowest BCUT2D eigenvalue weighted by atomic mass is 10.2. The second-order valence-electron chi connectivity index (χ2n) is 3.46. The van der Waals surface area contributed by atoms with Crippen molar-refractivity contribution in [1.82, 2.24) is 5.32 Å². The van der Waals surface area contributed by atoms with Crippen LogP contribution in [0.15, 0.2) is 0 Å². The van der Waals surface area contributed by atoms with Gasteiger partial charge in [-0.25, -0.2) is 4.79 Å². The Kier molecular flexibility index (Phi) is 6.36. The van der Waals surface area contributed by atoms with Gasteiger partial charge in [0.25, 0.3) is 0 Å². The number of carbonyl (C=O) groups excluding carboxylic acids is 2. The Balaban J connectivity index is 3.98. The standard InChI is InChI=1S/C9H17NO3S/c1-6(2)4-13-9(12)8(5-14)10-7(3)11/h6,8,14H,4-5H2,1-3H3,(H,10,11)/t8-/m0/s1. The third kappa shape index (κ3) is 5.85. The van der Waals surface area contributed by atoms with Crippen molar-refractivity contribution in [3.8, 4) is 0 Å². The van der Waals surface area contributed by atoms with Gasteiger partial charge in [-0.3, -0.25) is 4.79 Å². The molecule has 0 bridgehead atoms. The van der Waals surface area contributed by atoms with Crippen LogP contribution in [0.25, 0.3) is 0 Å². The summed E-state index contributed by atoms with van der Waals surface area (Å²) in [6.07, 6.45) is 0. The largest absolute Gasteiger partial charge is 0.464 e. The van der Waals surface area contributed by atoms with E-state index >= 15 is 0 Å². The van der Waals surface area contributed by atoms with Gasteiger partial charge >= 0.3 is 5.97 Å². The SMILES string of the molecule is CC(=O)N[C@@H](CS)C(=O)OCC(C)C. The Hall–Kier alpha value is -0.710. The average molecular weight is 219 g/mol. The molecule has 0 rings (SSSR count). The number of amides is 1. The van der Waals surface area contributed by atoms with Crippen molar-refractivity contribution in [3.63, 3.8) is 0 Å². The highest BCUT2D eigenvalue weighted by molar-refractivity contribution is 7.80. The molecule has 4 nitrogen and oxygen atoms in total. The number of carbonyl (C=O) groups is 2. The van der Waals surface area contributed by atoms with Gasteiger partial charge in [0.2, 0.25) is 5.91 Å². The van der Waals surface area contributed by atoms with Crippen molar-refractivity contribution in [1.29, 1.82) is 0 Å². The highest BCUT2D eigenvalue weighted by Gasteiger charge is 2.19. The van der Waals surface area contributed by atoms with Crippen molar-refractivity contribution in [2.75, 3.05) is 12.4 Å². The minimum absolute atomic E-state index is 0.247. The first-order chi connectivity index (χ1) is 6.47. The molecule has 0 heterocycles. The van der Waals surface area contributed by atoms with Crippen molar-refractivity contribution < 1.29 is 14.3 Å². The van der Waals surface area contributed by atoms with Gasteiger partial charge in [-0.2, -0.15) is 12.6 Å². The Bertz CT molecular complexity index is 206. The maximum Gasteiger partial charge on any atom is 0.329 e. The zero-order chi connectivity index (χ0) is 11.1. The second kappa shape index (κ2) is 6.70. The summed E-state index contributed by atoms with van der Waals surface area (Å²) in [7, 11) is 0. The van der Waals surface area contributed by atoms with Crippen LogP contribution < -0.4 is 5.32 Å². The van der Waals surface area contributed by atoms with Crippen LogP contribution in [0.3, 0.4) is 0 Å². The maximum absolute atomic E-state index is 11.3. The fourth-order valence-electron chi connectivity index (χ4n) is 0.774. The number of thiol groups is 1. The molecule has 0 radical (unpaired) electrons. The third-order valence-electron chi connectivity index (χ3n) is 1.40. The van der Waals surface area contributed by atoms with E-state index in [4.69, 9.17) is 4.74 Å². The Morgan fingerprint density at radius 3 is 2.36 bits per heavy atom. The summed E-state index contributed by atoms with van der Waals surface area (Å²) in [6.45, 7) is 5.61. The molecule has 5 heteroatoms. The predicted molar refractivity (Wildman–Crippen MR) is 57.3 cm³/mol. The van der Waals surface area contributed by atoms with Crippen LogP contribution >= 0.6 is 12.6 Å². The predicted octanol–water partition coefficient (Wildman–Crippen LogP) is 0.620. The van der Waals surface area contributed by atoms with Gasteiger partial charge in [-0.15, -0.1) is 0 Å². The smallest absolute Gasteiger partial charge is 0.329 e. The van der Waals surface area contributed by atoms with E-state index in [1.807, 2.05) is 13.8 Å². The van der Waals surface area contributed by atoms with E-state index in [0.29, 0.717) is 6.61 Å². The molecule has 0 saturated heterocycles. The number of esters is 1. The first-order valence-corrected chi connectivity index (χ1v) is 5.15. The highest BCUT2D eigenvalue weighted by Crippen LogP contribution is 1.97. The molecule has 0 aromatic rings. The van der Waals surface area contributed by atoms with Crippen molar-refractivity contribution in [3.05, 3.63) is 0 Å². The third-order valence-corrected chi connectivity index (χ3v) is 1.77. The lowest BCUT2D eigenvalue weighted by Crippen LogP contribution is -2.42. The molecule has 1 atom stereocenters. The van der Waals surface area contributed by atoms with Crippen LogP contribution in [-0.2, 0) is 14.3 Å². The molecule has 0 saturated carbocycles. The molecule has 0 unspecified atom stereocenters. The van der Waals surface area contributed by atoms with Gasteiger partial charge in [-0.1, -0.05) is 13.8 Å². The molecule has 0 fully saturated rings. The molecule has 0 spiro atoms. The fourth-order valence-corrected chi connectivity index (χ4v) is 1.01. The molecular formula is C9H17NO3S. The van der Waals surface area contributed by atoms with E-state index in [1.54, 1.807) is 0 Å². The van der Waals surface area contributed by atoms with Gasteiger partial charge in [-0.05, 0) is 5.92 Å². The summed E-state index contributed by atoms with van der Waals surface area (Å²) >= 11 is 3.96. The summed E-state index contributed by atoms with van der Waals surface area (Å²) in [5.41, 5.74) is 0. The summed E-state index contributed by atoms with van der Waals surface area (Å²) in [5, 5.41) is 2.46. The zero-order valence-electron chi connectivity index (χ0n) is 8.74. The van der Waals surface area contributed by atoms with Crippen LogP contribution in [-0.4, -0.2) is 30.3 Å². The fraction of sp³-hybridized carbons (Fsp3) is 0.778. The quantitative estimate of drug-likeness (QED) is 0.526. The maximum atomic E-state index is 11.3. The summed E-state index contributed by atoms with van der Waals surface area (Å²) in [6, 6.07) is -0.644. The minimum Gasteiger partial charge on any atom is -0.464 e. The molecule has 82 valence electrons. The Morgan fingerprint density at radius 1 is 1.43 bits per heavy atom. The topological polar surface area (TPSA) is 55.4 Å². The summed E-state index contributed by atoms with van der Waals surface area (Å²) in [4.78, 5) is 22.0. The van der Waals surface area contributed by atoms with Crippen LogP contribution in [0.2, 0.25) is 0 Å². The molecule has 1 amide bonds. The van der Waals surface area contributed by atoms with E-state index in [1.165, 1.54) is 6.92 Å². The van der Waals surface area contributed by atoms with Gasteiger partial charge < -0.3 is 10.1 Å². The van der Waals surface area contributed by atoms with E-state index in [-0.39, 0.29) is 17.6 Å². The number of ether oxygens (including phenoxy) is 1. The first kappa shape index (κ1) is 13.3. The molecule has 0 aromatic carbocycles. The van der Waals surface area contributed by atoms with Crippen molar-refractivity contribution >= 4 is 24.5 Å². The highest BCUT2D eigenvalue weighted by atomic mass is 32.1. The zero-order valence-corrected chi connectivity index (χ0v) is 9.64. The van der Waals surface area contributed by atoms with Crippen LogP contribution in [0.4, 0.5) is 0 Å². The van der Waals surface area contributed by atoms with Gasteiger partial charge in [0.15, 0.2) is 0 Å². The number of hydrogen-bond donors (Lipinski definition) is 2. The van der Waals surface area contributed by atoms with Crippen molar-refractivity contribution in [2.24, 2.45) is 5.92 Å². The monoisotopic (exact) mass is 219 g/mol. The molecule has 0 aliphatic rings. The Morgan fingerprint density at radius 2 is 2.00 bits per heavy atom. The number of rotatable bonds is 5. The van der Waals surface area contributed by atoms with Crippen LogP contribution in [0.5, 0.6) is 0 Å². The lowest BCUT2D eigenvalue weighted by molar-refractivity contribution is -0.148. The first-order valence-electron chi connectivity index (χ1n) is 4.52. The van der Waals surface area contributed by atoms with E-state index < -0.39 is 12.0 Å². The van der Waals surface area contributed by atoms with Gasteiger partial charge in [0.05, 0.1) is 6.61 Å².